The summed E-state index contributed by atoms with van der Waals surface area (Å²) in [6.07, 6.45) is 5.93. The van der Waals surface area contributed by atoms with Gasteiger partial charge in [-0.15, -0.1) is 0 Å². The third kappa shape index (κ3) is 2.88. The molecule has 0 radical (unpaired) electrons. The van der Waals surface area contributed by atoms with Gasteiger partial charge in [0.2, 0.25) is 0 Å². The zero-order valence-corrected chi connectivity index (χ0v) is 11.2. The lowest BCUT2D eigenvalue weighted by Crippen LogP contribution is -2.39. The number of hydrogen-bond donors (Lipinski definition) is 3. The van der Waals surface area contributed by atoms with Gasteiger partial charge in [0.1, 0.15) is 22.0 Å². The molecule has 1 aliphatic rings. The largest absolute Gasteiger partial charge is 0.271 e. The highest BCUT2D eigenvalue weighted by molar-refractivity contribution is 7.91. The number of rotatable bonds is 4. The lowest BCUT2D eigenvalue weighted by Gasteiger charge is -2.32. The quantitative estimate of drug-likeness (QED) is 0.522. The number of nitrogens with one attached hydrogen (secondary N) is 2. The molecule has 4 N–H and O–H groups in total. The average molecular weight is 273 g/mol. The molecule has 1 aromatic rings. The van der Waals surface area contributed by atoms with E-state index >= 15 is 0 Å². The first-order chi connectivity index (χ1) is 8.52. The van der Waals surface area contributed by atoms with Gasteiger partial charge in [0.25, 0.3) is 0 Å². The summed E-state index contributed by atoms with van der Waals surface area (Å²) in [5, 5.41) is 6.32. The number of nitrogens with zero attached hydrogens (tertiary/aromatic N) is 2. The Morgan fingerprint density at radius 2 is 2.33 bits per heavy atom. The lowest BCUT2D eigenvalue weighted by atomic mass is 9.83. The number of hydrazine groups is 1. The molecule has 1 fully saturated rings. The number of nitrogens with two attached hydrogens (primary N) is 1. The van der Waals surface area contributed by atoms with Crippen LogP contribution in [0.4, 0.5) is 0 Å². The van der Waals surface area contributed by atoms with Crippen LogP contribution >= 0.6 is 0 Å². The molecule has 102 valence electrons. The van der Waals surface area contributed by atoms with Gasteiger partial charge in [0, 0.05) is 6.26 Å². The van der Waals surface area contributed by atoms with Gasteiger partial charge in [-0.3, -0.25) is 10.9 Å². The van der Waals surface area contributed by atoms with E-state index in [1.165, 1.54) is 12.6 Å². The maximum absolute atomic E-state index is 11.6. The first-order valence-electron chi connectivity index (χ1n) is 6.02. The van der Waals surface area contributed by atoms with Crippen LogP contribution in [-0.2, 0) is 9.84 Å². The summed E-state index contributed by atoms with van der Waals surface area (Å²) in [6, 6.07) is -0.169. The monoisotopic (exact) mass is 273 g/mol. The maximum Gasteiger partial charge on any atom is 0.150 e. The summed E-state index contributed by atoms with van der Waals surface area (Å²) >= 11 is 0. The van der Waals surface area contributed by atoms with Crippen LogP contribution in [0, 0.1) is 5.92 Å². The summed E-state index contributed by atoms with van der Waals surface area (Å²) < 4.78 is 23.3. The molecule has 0 aromatic carbocycles. The number of aromatic nitrogens is 3. The third-order valence-corrected chi connectivity index (χ3v) is 5.29. The molecular weight excluding hydrogens is 254 g/mol. The Labute approximate surface area is 106 Å². The van der Waals surface area contributed by atoms with E-state index in [9.17, 15) is 8.42 Å². The molecule has 0 bridgehead atoms. The Hall–Kier alpha value is -0.990. The number of aromatic amines is 1. The molecule has 1 aromatic heterocycles. The van der Waals surface area contributed by atoms with Crippen molar-refractivity contribution in [2.75, 3.05) is 6.26 Å². The van der Waals surface area contributed by atoms with E-state index in [1.807, 2.05) is 0 Å². The van der Waals surface area contributed by atoms with Crippen molar-refractivity contribution in [3.8, 4) is 0 Å². The van der Waals surface area contributed by atoms with Crippen LogP contribution in [0.1, 0.15) is 37.5 Å². The molecule has 7 nitrogen and oxygen atoms in total. The highest BCUT2D eigenvalue weighted by Crippen LogP contribution is 2.35. The second kappa shape index (κ2) is 5.33. The molecule has 0 aliphatic heterocycles. The van der Waals surface area contributed by atoms with E-state index in [1.54, 1.807) is 0 Å². The standard InChI is InChI=1S/C10H19N5O2S/c1-18(16,17)8-4-2-3-7(5-8)9(14-11)10-12-6-13-15-10/h6-9,14H,2-5,11H2,1H3,(H,12,13,15). The number of sulfone groups is 1. The molecule has 0 spiro atoms. The molecule has 3 atom stereocenters. The minimum atomic E-state index is -2.98. The van der Waals surface area contributed by atoms with Crippen LogP contribution in [0.5, 0.6) is 0 Å². The minimum absolute atomic E-state index is 0.163. The predicted octanol–water partition coefficient (Wildman–Crippen LogP) is -0.0875. The molecule has 3 unspecified atom stereocenters. The maximum atomic E-state index is 11.6. The van der Waals surface area contributed by atoms with E-state index < -0.39 is 9.84 Å². The highest BCUT2D eigenvalue weighted by atomic mass is 32.2. The number of H-pyrrole nitrogens is 1. The van der Waals surface area contributed by atoms with E-state index in [-0.39, 0.29) is 17.2 Å². The first-order valence-corrected chi connectivity index (χ1v) is 7.98. The van der Waals surface area contributed by atoms with Crippen molar-refractivity contribution in [3.05, 3.63) is 12.2 Å². The molecular formula is C10H19N5O2S. The Balaban J connectivity index is 2.12. The Bertz CT molecular complexity index is 472. The van der Waals surface area contributed by atoms with Crippen molar-refractivity contribution in [2.24, 2.45) is 11.8 Å². The van der Waals surface area contributed by atoms with Crippen molar-refractivity contribution >= 4 is 9.84 Å². The summed E-state index contributed by atoms with van der Waals surface area (Å²) in [7, 11) is -2.98. The van der Waals surface area contributed by atoms with E-state index in [4.69, 9.17) is 5.84 Å². The molecule has 1 saturated carbocycles. The van der Waals surface area contributed by atoms with Gasteiger partial charge in [-0.1, -0.05) is 6.42 Å². The van der Waals surface area contributed by atoms with Crippen molar-refractivity contribution in [1.82, 2.24) is 20.6 Å². The van der Waals surface area contributed by atoms with Crippen LogP contribution in [0.3, 0.4) is 0 Å². The molecule has 1 aliphatic carbocycles. The lowest BCUT2D eigenvalue weighted by molar-refractivity contribution is 0.267. The summed E-state index contributed by atoms with van der Waals surface area (Å²) in [4.78, 5) is 4.09. The van der Waals surface area contributed by atoms with Gasteiger partial charge >= 0.3 is 0 Å². The van der Waals surface area contributed by atoms with E-state index in [2.05, 4.69) is 20.6 Å². The SMILES string of the molecule is CS(=O)(=O)C1CCCC(C(NN)c2ncn[nH]2)C1. The van der Waals surface area contributed by atoms with Gasteiger partial charge in [-0.25, -0.2) is 18.8 Å². The van der Waals surface area contributed by atoms with Gasteiger partial charge in [-0.2, -0.15) is 5.10 Å². The molecule has 0 amide bonds. The second-order valence-corrected chi connectivity index (χ2v) is 7.22. The molecule has 0 saturated heterocycles. The topological polar surface area (TPSA) is 114 Å². The summed E-state index contributed by atoms with van der Waals surface area (Å²) in [5.41, 5.74) is 2.72. The first kappa shape index (κ1) is 13.4. The van der Waals surface area contributed by atoms with Gasteiger partial charge in [0.05, 0.1) is 11.3 Å². The van der Waals surface area contributed by atoms with Crippen LogP contribution in [0.2, 0.25) is 0 Å². The van der Waals surface area contributed by atoms with E-state index in [0.29, 0.717) is 12.2 Å². The predicted molar refractivity (Wildman–Crippen MR) is 67.0 cm³/mol. The fourth-order valence-corrected chi connectivity index (χ4v) is 3.87. The van der Waals surface area contributed by atoms with Crippen LogP contribution in [0.15, 0.2) is 6.33 Å². The van der Waals surface area contributed by atoms with E-state index in [0.717, 1.165) is 19.3 Å². The van der Waals surface area contributed by atoms with Gasteiger partial charge in [0.15, 0.2) is 0 Å². The molecule has 2 rings (SSSR count). The van der Waals surface area contributed by atoms with Crippen LogP contribution < -0.4 is 11.3 Å². The summed E-state index contributed by atoms with van der Waals surface area (Å²) in [5.74, 6) is 6.39. The molecule has 1 heterocycles. The normalized spacial score (nSPS) is 27.0. The zero-order chi connectivity index (χ0) is 13.2. The Morgan fingerprint density at radius 1 is 1.56 bits per heavy atom. The third-order valence-electron chi connectivity index (χ3n) is 3.65. The van der Waals surface area contributed by atoms with Gasteiger partial charge < -0.3 is 0 Å². The smallest absolute Gasteiger partial charge is 0.150 e. The number of hydrogen-bond acceptors (Lipinski definition) is 6. The second-order valence-electron chi connectivity index (χ2n) is 4.89. The molecule has 18 heavy (non-hydrogen) atoms. The Morgan fingerprint density at radius 3 is 2.89 bits per heavy atom. The zero-order valence-electron chi connectivity index (χ0n) is 10.3. The Kier molecular flexibility index (Phi) is 3.98. The van der Waals surface area contributed by atoms with Crippen molar-refractivity contribution in [2.45, 2.75) is 37.0 Å². The fraction of sp³-hybridized carbons (Fsp3) is 0.800. The minimum Gasteiger partial charge on any atom is -0.271 e. The average Bonchev–Trinajstić information content (AvgIpc) is 2.83. The molecule has 8 heteroatoms. The van der Waals surface area contributed by atoms with Crippen molar-refractivity contribution in [3.63, 3.8) is 0 Å². The van der Waals surface area contributed by atoms with Gasteiger partial charge in [-0.05, 0) is 25.2 Å². The van der Waals surface area contributed by atoms with Crippen molar-refractivity contribution < 1.29 is 8.42 Å². The van der Waals surface area contributed by atoms with Crippen molar-refractivity contribution in [1.29, 1.82) is 0 Å². The highest BCUT2D eigenvalue weighted by Gasteiger charge is 2.34. The fourth-order valence-electron chi connectivity index (χ4n) is 2.68. The van der Waals surface area contributed by atoms with Crippen LogP contribution in [0.25, 0.3) is 0 Å². The summed E-state index contributed by atoms with van der Waals surface area (Å²) in [6.45, 7) is 0. The van der Waals surface area contributed by atoms with Crippen LogP contribution in [-0.4, -0.2) is 35.1 Å².